The van der Waals surface area contributed by atoms with Gasteiger partial charge in [0, 0.05) is 31.9 Å². The van der Waals surface area contributed by atoms with Crippen molar-refractivity contribution in [3.8, 4) is 6.07 Å². The lowest BCUT2D eigenvalue weighted by molar-refractivity contribution is 0.167. The second-order valence-electron chi connectivity index (χ2n) is 9.73. The summed E-state index contributed by atoms with van der Waals surface area (Å²) in [7, 11) is 0. The molecule has 3 heteroatoms. The van der Waals surface area contributed by atoms with Crippen molar-refractivity contribution >= 4 is 5.69 Å². The van der Waals surface area contributed by atoms with Gasteiger partial charge in [0.05, 0.1) is 11.6 Å². The molecule has 0 amide bonds. The van der Waals surface area contributed by atoms with Crippen LogP contribution in [0.5, 0.6) is 0 Å². The van der Waals surface area contributed by atoms with Crippen LogP contribution in [-0.4, -0.2) is 36.6 Å². The van der Waals surface area contributed by atoms with E-state index in [9.17, 15) is 5.26 Å². The fourth-order valence-corrected chi connectivity index (χ4v) is 5.83. The molecule has 0 spiro atoms. The molecule has 3 nitrogen and oxygen atoms in total. The predicted octanol–water partition coefficient (Wildman–Crippen LogP) is 6.82. The van der Waals surface area contributed by atoms with Crippen molar-refractivity contribution in [2.75, 3.05) is 31.1 Å². The molecule has 1 heterocycles. The molecule has 1 fully saturated rings. The zero-order valence-electron chi connectivity index (χ0n) is 21.2. The number of hydrogen-bond acceptors (Lipinski definition) is 3. The van der Waals surface area contributed by atoms with E-state index < -0.39 is 5.41 Å². The molecule has 0 aromatic heterocycles. The van der Waals surface area contributed by atoms with Crippen molar-refractivity contribution in [2.24, 2.45) is 0 Å². The van der Waals surface area contributed by atoms with Gasteiger partial charge in [-0.25, -0.2) is 0 Å². The molecule has 1 saturated heterocycles. The molecule has 0 unspecified atom stereocenters. The van der Waals surface area contributed by atoms with E-state index in [-0.39, 0.29) is 5.54 Å². The lowest BCUT2D eigenvalue weighted by atomic mass is 9.73. The van der Waals surface area contributed by atoms with Crippen molar-refractivity contribution in [1.29, 1.82) is 5.26 Å². The van der Waals surface area contributed by atoms with Crippen LogP contribution in [0, 0.1) is 11.3 Å². The SMILES string of the molecule is C=C(C)C1(N(CC)c2ccccc2)CCN(CCC(C#N)(c2ccccc2)c2ccccc2)CC1. The number of nitriles is 1. The molecule has 3 aromatic carbocycles. The number of anilines is 1. The third-order valence-electron chi connectivity index (χ3n) is 7.91. The minimum absolute atomic E-state index is 0.0300. The zero-order chi connectivity index (χ0) is 24.7. The molecule has 0 bridgehead atoms. The van der Waals surface area contributed by atoms with Crippen molar-refractivity contribution in [3.05, 3.63) is 114 Å². The summed E-state index contributed by atoms with van der Waals surface area (Å²) < 4.78 is 0. The molecule has 0 saturated carbocycles. The number of benzene rings is 3. The van der Waals surface area contributed by atoms with Crippen molar-refractivity contribution < 1.29 is 0 Å². The fourth-order valence-electron chi connectivity index (χ4n) is 5.83. The Labute approximate surface area is 211 Å². The molecule has 1 aliphatic heterocycles. The number of para-hydroxylation sites is 1. The van der Waals surface area contributed by atoms with Crippen molar-refractivity contribution in [2.45, 2.75) is 44.1 Å². The normalized spacial score (nSPS) is 15.8. The second-order valence-corrected chi connectivity index (χ2v) is 9.73. The van der Waals surface area contributed by atoms with Gasteiger partial charge in [-0.1, -0.05) is 91.0 Å². The van der Waals surface area contributed by atoms with Gasteiger partial charge in [-0.15, -0.1) is 0 Å². The van der Waals surface area contributed by atoms with E-state index in [1.807, 2.05) is 36.4 Å². The molecule has 0 N–H and O–H groups in total. The molecule has 4 rings (SSSR count). The molecule has 1 aliphatic rings. The monoisotopic (exact) mass is 463 g/mol. The van der Waals surface area contributed by atoms with E-state index >= 15 is 0 Å². The Hall–Kier alpha value is -3.35. The van der Waals surface area contributed by atoms with E-state index in [1.54, 1.807) is 0 Å². The average molecular weight is 464 g/mol. The molecule has 0 radical (unpaired) electrons. The third kappa shape index (κ3) is 4.90. The lowest BCUT2D eigenvalue weighted by Gasteiger charge is -2.51. The van der Waals surface area contributed by atoms with Gasteiger partial charge >= 0.3 is 0 Å². The first kappa shape index (κ1) is 24.8. The first-order valence-electron chi connectivity index (χ1n) is 12.8. The summed E-state index contributed by atoms with van der Waals surface area (Å²) in [6.07, 6.45) is 2.86. The Balaban J connectivity index is 1.53. The van der Waals surface area contributed by atoms with Crippen LogP contribution in [0.15, 0.2) is 103 Å². The van der Waals surface area contributed by atoms with Gasteiger partial charge in [-0.05, 0) is 56.4 Å². The Morgan fingerprint density at radius 1 is 0.914 bits per heavy atom. The van der Waals surface area contributed by atoms with E-state index in [2.05, 4.69) is 90.9 Å². The smallest absolute Gasteiger partial charge is 0.108 e. The zero-order valence-corrected chi connectivity index (χ0v) is 21.2. The molecule has 0 aliphatic carbocycles. The van der Waals surface area contributed by atoms with E-state index in [4.69, 9.17) is 0 Å². The van der Waals surface area contributed by atoms with Crippen LogP contribution in [0.3, 0.4) is 0 Å². The molecular formula is C32H37N3. The van der Waals surface area contributed by atoms with Gasteiger partial charge in [0.2, 0.25) is 0 Å². The minimum atomic E-state index is -0.648. The Bertz CT molecular complexity index is 1080. The minimum Gasteiger partial charge on any atom is -0.362 e. The molecule has 3 aromatic rings. The number of piperidine rings is 1. The molecule has 180 valence electrons. The molecule has 0 atom stereocenters. The van der Waals surface area contributed by atoms with Crippen LogP contribution in [0.4, 0.5) is 5.69 Å². The molecule has 35 heavy (non-hydrogen) atoms. The second kappa shape index (κ2) is 10.9. The predicted molar refractivity (Wildman–Crippen MR) is 147 cm³/mol. The standard InChI is InChI=1S/C32H37N3/c1-4-35(30-18-12-7-13-19-30)32(27(2)3)21-24-34(25-22-32)23-20-31(26-33,28-14-8-5-9-15-28)29-16-10-6-11-17-29/h5-19H,2,4,20-25H2,1,3H3. The summed E-state index contributed by atoms with van der Waals surface area (Å²) in [6.45, 7) is 12.7. The van der Waals surface area contributed by atoms with Gasteiger partial charge in [0.25, 0.3) is 0 Å². The van der Waals surface area contributed by atoms with Gasteiger partial charge in [0.1, 0.15) is 5.41 Å². The van der Waals surface area contributed by atoms with Crippen LogP contribution < -0.4 is 4.90 Å². The summed E-state index contributed by atoms with van der Waals surface area (Å²) in [5.41, 5.74) is 3.97. The van der Waals surface area contributed by atoms with Crippen molar-refractivity contribution in [3.63, 3.8) is 0 Å². The van der Waals surface area contributed by atoms with Crippen LogP contribution >= 0.6 is 0 Å². The Morgan fingerprint density at radius 2 is 1.40 bits per heavy atom. The van der Waals surface area contributed by atoms with E-state index in [1.165, 1.54) is 11.3 Å². The average Bonchev–Trinajstić information content (AvgIpc) is 2.92. The topological polar surface area (TPSA) is 30.3 Å². The highest BCUT2D eigenvalue weighted by atomic mass is 15.2. The molecular weight excluding hydrogens is 426 g/mol. The maximum Gasteiger partial charge on any atom is 0.108 e. The summed E-state index contributed by atoms with van der Waals surface area (Å²) in [6, 6.07) is 34.0. The largest absolute Gasteiger partial charge is 0.362 e. The third-order valence-corrected chi connectivity index (χ3v) is 7.91. The Kier molecular flexibility index (Phi) is 7.73. The Morgan fingerprint density at radius 3 is 1.83 bits per heavy atom. The summed E-state index contributed by atoms with van der Waals surface area (Å²) in [5, 5.41) is 10.5. The number of rotatable bonds is 9. The highest BCUT2D eigenvalue weighted by molar-refractivity contribution is 5.52. The van der Waals surface area contributed by atoms with Crippen molar-refractivity contribution in [1.82, 2.24) is 4.90 Å². The summed E-state index contributed by atoms with van der Waals surface area (Å²) in [5.74, 6) is 0. The quantitative estimate of drug-likeness (QED) is 0.326. The maximum absolute atomic E-state index is 10.5. The summed E-state index contributed by atoms with van der Waals surface area (Å²) >= 11 is 0. The first-order chi connectivity index (χ1) is 17.1. The highest BCUT2D eigenvalue weighted by Crippen LogP contribution is 2.40. The van der Waals surface area contributed by atoms with Crippen LogP contribution in [0.1, 0.15) is 44.2 Å². The fraction of sp³-hybridized carbons (Fsp3) is 0.344. The number of likely N-dealkylation sites (N-methyl/N-ethyl adjacent to an activating group) is 1. The van der Waals surface area contributed by atoms with Gasteiger partial charge in [-0.3, -0.25) is 0 Å². The number of nitrogens with zero attached hydrogens (tertiary/aromatic N) is 3. The first-order valence-corrected chi connectivity index (χ1v) is 12.8. The van der Waals surface area contributed by atoms with Gasteiger partial charge < -0.3 is 9.80 Å². The van der Waals surface area contributed by atoms with E-state index in [0.29, 0.717) is 0 Å². The van der Waals surface area contributed by atoms with Gasteiger partial charge in [-0.2, -0.15) is 5.26 Å². The van der Waals surface area contributed by atoms with E-state index in [0.717, 1.165) is 56.6 Å². The van der Waals surface area contributed by atoms with Crippen LogP contribution in [0.2, 0.25) is 0 Å². The summed E-state index contributed by atoms with van der Waals surface area (Å²) in [4.78, 5) is 5.08. The number of hydrogen-bond donors (Lipinski definition) is 0. The highest BCUT2D eigenvalue weighted by Gasteiger charge is 2.41. The number of likely N-dealkylation sites (tertiary alicyclic amines) is 1. The van der Waals surface area contributed by atoms with Crippen LogP contribution in [-0.2, 0) is 5.41 Å². The van der Waals surface area contributed by atoms with Crippen LogP contribution in [0.25, 0.3) is 0 Å². The lowest BCUT2D eigenvalue weighted by Crippen LogP contribution is -2.56. The van der Waals surface area contributed by atoms with Gasteiger partial charge in [0.15, 0.2) is 0 Å². The maximum atomic E-state index is 10.5.